The van der Waals surface area contributed by atoms with Gasteiger partial charge in [0.2, 0.25) is 5.91 Å². The zero-order chi connectivity index (χ0) is 99.2. The van der Waals surface area contributed by atoms with Crippen LogP contribution < -0.4 is 52.5 Å². The number of carboxylic acids is 2. The fourth-order valence-electron chi connectivity index (χ4n) is 12.5. The van der Waals surface area contributed by atoms with Crippen LogP contribution in [0.25, 0.3) is 40.3 Å². The number of carboxylic acid groups (broad SMARTS) is 4. The first-order valence-electron chi connectivity index (χ1n) is 40.4. The molecule has 6 heterocycles. The van der Waals surface area contributed by atoms with E-state index in [1.54, 1.807) is 28.0 Å². The number of aliphatic carboxylic acids is 2. The van der Waals surface area contributed by atoms with Crippen molar-refractivity contribution < 1.29 is 123 Å². The highest BCUT2D eigenvalue weighted by Gasteiger charge is 2.39. The molecule has 9 aromatic carbocycles. The number of rotatable bonds is 25. The van der Waals surface area contributed by atoms with Crippen LogP contribution in [0.4, 0.5) is 50.8 Å². The first-order valence-corrected chi connectivity index (χ1v) is 44.0. The Morgan fingerprint density at radius 1 is 0.507 bits per heavy atom. The number of nitrogens with two attached hydrogens (primary N) is 4. The predicted octanol–water partition coefficient (Wildman–Crippen LogP) is 19.2. The van der Waals surface area contributed by atoms with Gasteiger partial charge in [-0.2, -0.15) is 26.3 Å². The van der Waals surface area contributed by atoms with Crippen molar-refractivity contribution in [2.24, 2.45) is 28.9 Å². The first kappa shape index (κ1) is 106. The number of carbonyl (C=O) groups excluding carboxylic acids is 4. The maximum absolute atomic E-state index is 13.3. The molecule has 31 nitrogen and oxygen atoms in total. The number of ether oxygens (including phenoxy) is 7. The fraction of sp³-hybridized carbons (Fsp3) is 0.204. The largest absolute Gasteiger partial charge is 0.493 e. The Bertz CT molecular complexity index is 6230. The number of alkyl carbamates (subject to hydrolysis) is 1. The summed E-state index contributed by atoms with van der Waals surface area (Å²) in [6, 6.07) is 71.4. The molecule has 0 aliphatic carbocycles. The molecule has 43 heteroatoms. The number of likely N-dealkylation sites (tertiary alicyclic amines) is 2. The van der Waals surface area contributed by atoms with E-state index in [-0.39, 0.29) is 85.1 Å². The molecule has 136 heavy (non-hydrogen) atoms. The van der Waals surface area contributed by atoms with Gasteiger partial charge in [-0.05, 0) is 149 Å². The van der Waals surface area contributed by atoms with Gasteiger partial charge < -0.3 is 97.0 Å². The van der Waals surface area contributed by atoms with Crippen molar-refractivity contribution >= 4 is 175 Å². The van der Waals surface area contributed by atoms with Crippen molar-refractivity contribution in [1.29, 1.82) is 21.6 Å². The third-order valence-corrected chi connectivity index (χ3v) is 23.8. The van der Waals surface area contributed by atoms with Crippen LogP contribution in [0.3, 0.4) is 0 Å². The number of hydrogen-bond acceptors (Lipinski definition) is 23. The van der Waals surface area contributed by atoms with Crippen LogP contribution in [-0.2, 0) is 57.9 Å². The van der Waals surface area contributed by atoms with Gasteiger partial charge in [-0.25, -0.2) is 28.4 Å². The number of alkyl halides is 6. The smallest absolute Gasteiger partial charge is 0.490 e. The van der Waals surface area contributed by atoms with Crippen molar-refractivity contribution in [1.82, 2.24) is 15.1 Å². The molecular weight excluding hydrogens is 1890 g/mol. The van der Waals surface area contributed by atoms with E-state index in [0.717, 1.165) is 106 Å². The third kappa shape index (κ3) is 33.5. The number of thiophene rings is 4. The second-order valence-corrected chi connectivity index (χ2v) is 33.4. The summed E-state index contributed by atoms with van der Waals surface area (Å²) in [5, 5.41) is 67.8. The number of amidine groups is 4. The molecule has 4 amide bonds. The highest BCUT2D eigenvalue weighted by atomic mass is 35.5. The summed E-state index contributed by atoms with van der Waals surface area (Å²) >= 11 is 11.5. The number of fused-ring (bicyclic) bond motifs is 4. The van der Waals surface area contributed by atoms with Crippen LogP contribution in [0, 0.1) is 33.4 Å². The second kappa shape index (κ2) is 52.3. The summed E-state index contributed by atoms with van der Waals surface area (Å²) in [4.78, 5) is 89.3. The molecule has 3 atom stereocenters. The van der Waals surface area contributed by atoms with Crippen molar-refractivity contribution in [3.05, 3.63) is 289 Å². The van der Waals surface area contributed by atoms with E-state index in [9.17, 15) is 49.9 Å². The Balaban J connectivity index is 0.000000209. The molecule has 3 unspecified atom stereocenters. The molecule has 0 spiro atoms. The Labute approximate surface area is 792 Å². The number of nitrogens with zero attached hydrogens (tertiary/aromatic N) is 2. The third-order valence-electron chi connectivity index (χ3n) is 18.9. The van der Waals surface area contributed by atoms with E-state index >= 15 is 0 Å². The molecule has 0 radical (unpaired) electrons. The molecule has 0 bridgehead atoms. The lowest BCUT2D eigenvalue weighted by molar-refractivity contribution is -0.193. The zero-order valence-electron chi connectivity index (χ0n) is 71.8. The molecule has 18 N–H and O–H groups in total. The predicted molar refractivity (Wildman–Crippen MR) is 504 cm³/mol. The molecule has 4 aromatic heterocycles. The number of hydrogen-bond donors (Lipinski definition) is 14. The summed E-state index contributed by atoms with van der Waals surface area (Å²) in [6.45, 7) is 5.29. The summed E-state index contributed by atoms with van der Waals surface area (Å²) in [5.41, 5.74) is 27.4. The molecule has 2 saturated heterocycles. The van der Waals surface area contributed by atoms with Crippen LogP contribution >= 0.6 is 56.9 Å². The van der Waals surface area contributed by atoms with E-state index in [4.69, 9.17) is 129 Å². The SMILES string of the molecule is CC(=O)Nc1c(OCc2ccc(F)c(Cl)c2)ccc2cc(C(=N)N)sc12.N=C(N)c1cc2c(OC(COC(=O)N3CCCC3)c3ccccc3)cccc2s1.N=C(N)c1cc2c(OC(COC(=O)NCc3ccccc3)c3ccccc3)cccc2s1.N=C(N)c1cc2ccc(OCC3CCN(C(=O)OCc4ccccc4)C3)cc2s1.O=C(O)C(F)(F)F.O=C(O)C(F)(F)F.O=CO.O=CO. The molecule has 15 rings (SSSR count). The van der Waals surface area contributed by atoms with Crippen LogP contribution in [0.1, 0.15) is 85.7 Å². The molecule has 2 aliphatic rings. The first-order chi connectivity index (χ1) is 64.9. The van der Waals surface area contributed by atoms with Gasteiger partial charge in [-0.3, -0.25) is 36.0 Å². The van der Waals surface area contributed by atoms with Gasteiger partial charge in [0.1, 0.15) is 84.3 Å². The van der Waals surface area contributed by atoms with E-state index in [0.29, 0.717) is 76.0 Å². The number of anilines is 1. The normalized spacial score (nSPS) is 12.7. The lowest BCUT2D eigenvalue weighted by Crippen LogP contribution is -2.30. The summed E-state index contributed by atoms with van der Waals surface area (Å²) in [6.07, 6.45) is -9.23. The molecular formula is C93H90ClF7N12O19S4. The van der Waals surface area contributed by atoms with Gasteiger partial charge in [0, 0.05) is 70.4 Å². The molecule has 2 aliphatic heterocycles. The Hall–Kier alpha value is -15.1. The van der Waals surface area contributed by atoms with E-state index in [1.165, 1.54) is 64.4 Å². The number of nitrogens with one attached hydrogen (secondary N) is 6. The average Bonchev–Trinajstić information content (AvgIpc) is 1.63. The fourth-order valence-corrected chi connectivity index (χ4v) is 16.6. The topological polar surface area (TPSA) is 512 Å². The number of nitrogen functional groups attached to an aromatic ring is 4. The van der Waals surface area contributed by atoms with Crippen LogP contribution in [-0.4, -0.2) is 161 Å². The van der Waals surface area contributed by atoms with Gasteiger partial charge in [0.05, 0.1) is 35.8 Å². The number of benzene rings is 9. The molecule has 13 aromatic rings. The number of carbonyl (C=O) groups is 8. The summed E-state index contributed by atoms with van der Waals surface area (Å²) < 4.78 is 121. The summed E-state index contributed by atoms with van der Waals surface area (Å²) in [5.74, 6) is -3.29. The minimum absolute atomic E-state index is 0.0213. The quantitative estimate of drug-likeness (QED) is 0.00831. The van der Waals surface area contributed by atoms with Gasteiger partial charge in [-0.15, -0.1) is 45.3 Å². The Kier molecular flexibility index (Phi) is 40.9. The van der Waals surface area contributed by atoms with Gasteiger partial charge >= 0.3 is 42.6 Å². The van der Waals surface area contributed by atoms with Crippen molar-refractivity contribution in [3.8, 4) is 23.0 Å². The monoisotopic (exact) mass is 1970 g/mol. The number of halogens is 8. The molecule has 0 saturated carbocycles. The van der Waals surface area contributed by atoms with Gasteiger partial charge in [0.25, 0.3) is 12.9 Å². The lowest BCUT2D eigenvalue weighted by Gasteiger charge is -2.22. The maximum Gasteiger partial charge on any atom is 0.490 e. The summed E-state index contributed by atoms with van der Waals surface area (Å²) in [7, 11) is 0. The van der Waals surface area contributed by atoms with E-state index in [1.807, 2.05) is 200 Å². The van der Waals surface area contributed by atoms with Crippen LogP contribution in [0.5, 0.6) is 23.0 Å². The highest BCUT2D eigenvalue weighted by molar-refractivity contribution is 7.22. The van der Waals surface area contributed by atoms with E-state index in [2.05, 4.69) is 10.6 Å². The highest BCUT2D eigenvalue weighted by Crippen LogP contribution is 2.41. The second-order valence-electron chi connectivity index (χ2n) is 28.7. The van der Waals surface area contributed by atoms with Crippen molar-refractivity contribution in [2.45, 2.75) is 70.5 Å². The van der Waals surface area contributed by atoms with Gasteiger partial charge in [0.15, 0.2) is 12.2 Å². The van der Waals surface area contributed by atoms with Crippen molar-refractivity contribution in [2.75, 3.05) is 51.3 Å². The van der Waals surface area contributed by atoms with Gasteiger partial charge in [-0.1, -0.05) is 151 Å². The minimum atomic E-state index is -5.08. The van der Waals surface area contributed by atoms with Crippen LogP contribution in [0.2, 0.25) is 5.02 Å². The standard InChI is InChI=1S/C25H23N3O3S.2C22H23N3O3S.C18H15ClFN3O2S.2C2HF3O2.2CH2O2/c26-24(27)23-14-19-20(12-7-13-22(19)32-23)31-21(18-10-5-2-6-11-18)16-30-25(29)28-15-17-8-3-1-4-9-17;23-21(24)20-13-16-17(9-6-10-19(16)29-20)28-18(15-7-2-1-3-8-15)14-27-22(26)25-11-4-5-12-25;23-21(24)20-10-17-6-7-18(11-19(17)29-20)27-14-16-8-9-25(12-16)22(26)28-13-15-4-2-1-3-5-15;1-9(24)23-16-14(25-8-10-2-4-13(20)12(19)6-10)5-3-11-7-15(18(21)22)26-17(11)16;2*3-2(4,5)1(6)7;2*2-1-3/h1-14,21H,15-16H2,(H3,26,27)(H,28,29);1-3,6-10,13,18H,4-5,11-12,14H2,(H3,23,24);1-7,10-11,16H,8-9,12-14H2,(H3,23,24);2-7H,8H2,1H3,(H3,21,22)(H,23,24);2*(H,6,7);2*1H,(H,2,3). The number of amides is 4. The van der Waals surface area contributed by atoms with Crippen molar-refractivity contribution in [3.63, 3.8) is 0 Å². The van der Waals surface area contributed by atoms with E-state index < -0.39 is 48.4 Å². The minimum Gasteiger partial charge on any atom is -0.493 e. The Morgan fingerprint density at radius 3 is 1.46 bits per heavy atom. The Morgan fingerprint density at radius 2 is 0.963 bits per heavy atom. The van der Waals surface area contributed by atoms with Crippen LogP contribution in [0.15, 0.2) is 231 Å². The zero-order valence-corrected chi connectivity index (χ0v) is 75.8. The maximum atomic E-state index is 13.3. The average molecular weight is 1980 g/mol. The molecule has 716 valence electrons. The molecule has 2 fully saturated rings. The lowest BCUT2D eigenvalue weighted by atomic mass is 10.1.